The average molecular weight is 459 g/mol. The normalized spacial score (nSPS) is 19.5. The Hall–Kier alpha value is -2.41. The summed E-state index contributed by atoms with van der Waals surface area (Å²) in [6.07, 6.45) is 6.72. The Balaban J connectivity index is 1.50. The van der Waals surface area contributed by atoms with Crippen molar-refractivity contribution in [1.29, 1.82) is 0 Å². The van der Waals surface area contributed by atoms with Crippen LogP contribution in [0.5, 0.6) is 0 Å². The molecule has 2 heterocycles. The minimum atomic E-state index is -0.271. The predicted molar refractivity (Wildman–Crippen MR) is 122 cm³/mol. The topological polar surface area (TPSA) is 79.5 Å². The molecule has 2 fully saturated rings. The standard InChI is InChI=1S/C24H31ClN4O3/c1-16(2)29(24(31)17-8-3-4-9-17)15-21(30)28-13-6-5-12-20(28)23-26-22(27-32-23)18-10-7-11-19(25)14-18/h7,10-11,14,16-17,20H,3-6,8-9,12-13,15H2,1-2H3. The summed E-state index contributed by atoms with van der Waals surface area (Å²) in [5.41, 5.74) is 0.773. The van der Waals surface area contributed by atoms with E-state index < -0.39 is 0 Å². The molecule has 1 saturated carbocycles. The zero-order chi connectivity index (χ0) is 22.7. The van der Waals surface area contributed by atoms with Crippen LogP contribution in [0, 0.1) is 5.92 Å². The van der Waals surface area contributed by atoms with Crippen LogP contribution in [-0.4, -0.2) is 50.9 Å². The zero-order valence-electron chi connectivity index (χ0n) is 18.8. The number of hydrogen-bond donors (Lipinski definition) is 0. The number of hydrogen-bond acceptors (Lipinski definition) is 5. The molecule has 172 valence electrons. The highest BCUT2D eigenvalue weighted by Crippen LogP contribution is 2.32. The third kappa shape index (κ3) is 4.98. The molecule has 1 saturated heterocycles. The van der Waals surface area contributed by atoms with E-state index in [1.54, 1.807) is 17.0 Å². The van der Waals surface area contributed by atoms with Crippen molar-refractivity contribution in [3.8, 4) is 11.4 Å². The lowest BCUT2D eigenvalue weighted by Crippen LogP contribution is -2.49. The molecule has 1 aromatic carbocycles. The Labute approximate surface area is 194 Å². The van der Waals surface area contributed by atoms with E-state index in [-0.39, 0.29) is 36.4 Å². The number of carbonyl (C=O) groups is 2. The van der Waals surface area contributed by atoms with Crippen LogP contribution >= 0.6 is 11.6 Å². The lowest BCUT2D eigenvalue weighted by molar-refractivity contribution is -0.146. The van der Waals surface area contributed by atoms with E-state index in [1.807, 2.05) is 30.9 Å². The van der Waals surface area contributed by atoms with Crippen LogP contribution in [-0.2, 0) is 9.59 Å². The Morgan fingerprint density at radius 1 is 1.19 bits per heavy atom. The number of rotatable bonds is 6. The van der Waals surface area contributed by atoms with Gasteiger partial charge in [0.25, 0.3) is 0 Å². The third-order valence-electron chi connectivity index (χ3n) is 6.55. The summed E-state index contributed by atoms with van der Waals surface area (Å²) in [5.74, 6) is 1.00. The monoisotopic (exact) mass is 458 g/mol. The molecule has 8 heteroatoms. The van der Waals surface area contributed by atoms with Crippen LogP contribution in [0.2, 0.25) is 5.02 Å². The summed E-state index contributed by atoms with van der Waals surface area (Å²) in [6.45, 7) is 4.67. The molecule has 4 rings (SSSR count). The molecule has 0 bridgehead atoms. The molecule has 32 heavy (non-hydrogen) atoms. The van der Waals surface area contributed by atoms with Gasteiger partial charge in [0.2, 0.25) is 23.5 Å². The minimum absolute atomic E-state index is 0.0203. The SMILES string of the molecule is CC(C)N(CC(=O)N1CCCCC1c1nc(-c2cccc(Cl)c2)no1)C(=O)C1CCCC1. The first-order valence-corrected chi connectivity index (χ1v) is 12.0. The summed E-state index contributed by atoms with van der Waals surface area (Å²) < 4.78 is 5.58. The van der Waals surface area contributed by atoms with Crippen LogP contribution < -0.4 is 0 Å². The second kappa shape index (κ2) is 10.0. The van der Waals surface area contributed by atoms with Gasteiger partial charge in [-0.25, -0.2) is 0 Å². The van der Waals surface area contributed by atoms with Gasteiger partial charge in [-0.2, -0.15) is 4.98 Å². The van der Waals surface area contributed by atoms with Gasteiger partial charge in [-0.15, -0.1) is 0 Å². The highest BCUT2D eigenvalue weighted by molar-refractivity contribution is 6.30. The van der Waals surface area contributed by atoms with Crippen LogP contribution in [0.4, 0.5) is 0 Å². The average Bonchev–Trinajstić information content (AvgIpc) is 3.49. The molecule has 1 atom stereocenters. The van der Waals surface area contributed by atoms with Crippen LogP contribution in [0.15, 0.2) is 28.8 Å². The van der Waals surface area contributed by atoms with Crippen molar-refractivity contribution in [2.24, 2.45) is 5.92 Å². The maximum atomic E-state index is 13.4. The lowest BCUT2D eigenvalue weighted by Gasteiger charge is -2.36. The van der Waals surface area contributed by atoms with E-state index in [4.69, 9.17) is 16.1 Å². The smallest absolute Gasteiger partial charge is 0.249 e. The van der Waals surface area contributed by atoms with E-state index in [1.165, 1.54) is 0 Å². The number of nitrogens with zero attached hydrogens (tertiary/aromatic N) is 4. The number of likely N-dealkylation sites (tertiary alicyclic amines) is 1. The Kier molecular flexibility index (Phi) is 7.13. The number of carbonyl (C=O) groups excluding carboxylic acids is 2. The highest BCUT2D eigenvalue weighted by Gasteiger charge is 2.35. The van der Waals surface area contributed by atoms with Crippen molar-refractivity contribution >= 4 is 23.4 Å². The molecule has 1 aliphatic carbocycles. The van der Waals surface area contributed by atoms with Gasteiger partial charge in [0, 0.05) is 29.1 Å². The van der Waals surface area contributed by atoms with Crippen LogP contribution in [0.3, 0.4) is 0 Å². The Morgan fingerprint density at radius 3 is 2.66 bits per heavy atom. The first-order valence-electron chi connectivity index (χ1n) is 11.6. The highest BCUT2D eigenvalue weighted by atomic mass is 35.5. The van der Waals surface area contributed by atoms with E-state index >= 15 is 0 Å². The summed E-state index contributed by atoms with van der Waals surface area (Å²) in [5, 5.41) is 4.72. The molecule has 1 aromatic heterocycles. The number of halogens is 1. The first-order chi connectivity index (χ1) is 15.4. The fourth-order valence-electron chi connectivity index (χ4n) is 4.76. The van der Waals surface area contributed by atoms with E-state index in [0.29, 0.717) is 23.3 Å². The second-order valence-electron chi connectivity index (χ2n) is 9.11. The Bertz CT molecular complexity index is 954. The summed E-state index contributed by atoms with van der Waals surface area (Å²) in [7, 11) is 0. The molecule has 1 unspecified atom stereocenters. The fraction of sp³-hybridized carbons (Fsp3) is 0.583. The molecule has 0 N–H and O–H groups in total. The largest absolute Gasteiger partial charge is 0.337 e. The van der Waals surface area contributed by atoms with Gasteiger partial charge in [-0.05, 0) is 58.1 Å². The number of amides is 2. The van der Waals surface area contributed by atoms with Crippen molar-refractivity contribution < 1.29 is 14.1 Å². The fourth-order valence-corrected chi connectivity index (χ4v) is 4.95. The number of piperidine rings is 1. The lowest BCUT2D eigenvalue weighted by atomic mass is 10.0. The number of benzene rings is 1. The first kappa shape index (κ1) is 22.8. The van der Waals surface area contributed by atoms with Gasteiger partial charge >= 0.3 is 0 Å². The molecule has 2 amide bonds. The summed E-state index contributed by atoms with van der Waals surface area (Å²) >= 11 is 6.09. The van der Waals surface area contributed by atoms with Crippen molar-refractivity contribution in [3.63, 3.8) is 0 Å². The van der Waals surface area contributed by atoms with E-state index in [9.17, 15) is 9.59 Å². The maximum Gasteiger partial charge on any atom is 0.249 e. The van der Waals surface area contributed by atoms with Crippen LogP contribution in [0.25, 0.3) is 11.4 Å². The van der Waals surface area contributed by atoms with Crippen molar-refractivity contribution in [3.05, 3.63) is 35.2 Å². The maximum absolute atomic E-state index is 13.4. The quantitative estimate of drug-likeness (QED) is 0.616. The molecular formula is C24H31ClN4O3. The predicted octanol–water partition coefficient (Wildman–Crippen LogP) is 4.87. The van der Waals surface area contributed by atoms with Crippen molar-refractivity contribution in [2.75, 3.05) is 13.1 Å². The third-order valence-corrected chi connectivity index (χ3v) is 6.78. The molecule has 2 aliphatic rings. The summed E-state index contributed by atoms with van der Waals surface area (Å²) in [4.78, 5) is 34.6. The molecule has 0 spiro atoms. The van der Waals surface area contributed by atoms with E-state index in [2.05, 4.69) is 10.1 Å². The van der Waals surface area contributed by atoms with Gasteiger partial charge in [-0.3, -0.25) is 9.59 Å². The van der Waals surface area contributed by atoms with Crippen molar-refractivity contribution in [1.82, 2.24) is 19.9 Å². The van der Waals surface area contributed by atoms with Crippen molar-refractivity contribution in [2.45, 2.75) is 70.9 Å². The van der Waals surface area contributed by atoms with E-state index in [0.717, 1.165) is 50.5 Å². The Morgan fingerprint density at radius 2 is 1.94 bits per heavy atom. The van der Waals surface area contributed by atoms with Gasteiger partial charge in [0.15, 0.2) is 0 Å². The molecule has 1 aliphatic heterocycles. The summed E-state index contributed by atoms with van der Waals surface area (Å²) in [6, 6.07) is 7.00. The molecule has 2 aromatic rings. The van der Waals surface area contributed by atoms with Gasteiger partial charge < -0.3 is 14.3 Å². The van der Waals surface area contributed by atoms with Gasteiger partial charge in [0.1, 0.15) is 12.6 Å². The molecule has 7 nitrogen and oxygen atoms in total. The molecular weight excluding hydrogens is 428 g/mol. The minimum Gasteiger partial charge on any atom is -0.337 e. The zero-order valence-corrected chi connectivity index (χ0v) is 19.6. The van der Waals surface area contributed by atoms with Crippen LogP contribution in [0.1, 0.15) is 70.7 Å². The molecule has 0 radical (unpaired) electrons. The number of aromatic nitrogens is 2. The van der Waals surface area contributed by atoms with Gasteiger partial charge in [-0.1, -0.05) is 41.7 Å². The van der Waals surface area contributed by atoms with Gasteiger partial charge in [0.05, 0.1) is 0 Å². The second-order valence-corrected chi connectivity index (χ2v) is 9.54.